The molecule has 0 saturated carbocycles. The molecule has 0 unspecified atom stereocenters. The number of benzene rings is 2. The van der Waals surface area contributed by atoms with Crippen molar-refractivity contribution in [2.24, 2.45) is 0 Å². The van der Waals surface area contributed by atoms with E-state index < -0.39 is 0 Å². The molecule has 112 valence electrons. The fourth-order valence-electron chi connectivity index (χ4n) is 2.17. The van der Waals surface area contributed by atoms with Crippen LogP contribution in [0.4, 0.5) is 4.39 Å². The van der Waals surface area contributed by atoms with E-state index in [9.17, 15) is 4.39 Å². The average Bonchev–Trinajstić information content (AvgIpc) is 2.44. The predicted molar refractivity (Wildman–Crippen MR) is 87.5 cm³/mol. The zero-order valence-electron chi connectivity index (χ0n) is 12.4. The van der Waals surface area contributed by atoms with E-state index in [4.69, 9.17) is 4.74 Å². The molecule has 2 aromatic rings. The lowest BCUT2D eigenvalue weighted by molar-refractivity contribution is 0.428. The van der Waals surface area contributed by atoms with Crippen LogP contribution >= 0.6 is 15.9 Å². The van der Waals surface area contributed by atoms with Gasteiger partial charge in [-0.25, -0.2) is 4.39 Å². The van der Waals surface area contributed by atoms with Crippen LogP contribution in [0, 0.1) is 5.82 Å². The first kappa shape index (κ1) is 16.0. The normalized spacial score (nSPS) is 11.0. The summed E-state index contributed by atoms with van der Waals surface area (Å²) in [7, 11) is 1.83. The van der Waals surface area contributed by atoms with E-state index in [1.807, 2.05) is 31.3 Å². The first-order valence-corrected chi connectivity index (χ1v) is 7.71. The van der Waals surface area contributed by atoms with Gasteiger partial charge in [0.15, 0.2) is 11.6 Å². The van der Waals surface area contributed by atoms with E-state index >= 15 is 0 Å². The van der Waals surface area contributed by atoms with Gasteiger partial charge in [0.2, 0.25) is 0 Å². The van der Waals surface area contributed by atoms with Crippen molar-refractivity contribution in [3.05, 3.63) is 57.8 Å². The van der Waals surface area contributed by atoms with Crippen molar-refractivity contribution in [3.8, 4) is 11.5 Å². The predicted octanol–water partition coefficient (Wildman–Crippen LogP) is 5.22. The highest BCUT2D eigenvalue weighted by Crippen LogP contribution is 2.35. The molecule has 0 fully saturated rings. The van der Waals surface area contributed by atoms with E-state index in [0.29, 0.717) is 12.3 Å². The number of halogens is 2. The van der Waals surface area contributed by atoms with Crippen LogP contribution in [0.25, 0.3) is 0 Å². The van der Waals surface area contributed by atoms with Crippen LogP contribution in [-0.4, -0.2) is 7.05 Å². The summed E-state index contributed by atoms with van der Waals surface area (Å²) >= 11 is 3.46. The Hall–Kier alpha value is -1.39. The van der Waals surface area contributed by atoms with Crippen LogP contribution in [0.1, 0.15) is 30.9 Å². The van der Waals surface area contributed by atoms with Crippen molar-refractivity contribution in [1.82, 2.24) is 5.32 Å². The first-order valence-electron chi connectivity index (χ1n) is 6.92. The van der Waals surface area contributed by atoms with Crippen LogP contribution in [0.5, 0.6) is 11.5 Å². The Morgan fingerprint density at radius 2 is 2.00 bits per heavy atom. The maximum Gasteiger partial charge on any atom is 0.167 e. The summed E-state index contributed by atoms with van der Waals surface area (Å²) in [5.74, 6) is 0.920. The Kier molecular flexibility index (Phi) is 5.37. The highest BCUT2D eigenvalue weighted by molar-refractivity contribution is 9.10. The van der Waals surface area contributed by atoms with Crippen molar-refractivity contribution in [2.45, 2.75) is 26.3 Å². The van der Waals surface area contributed by atoms with Gasteiger partial charge >= 0.3 is 0 Å². The molecule has 4 heteroatoms. The topological polar surface area (TPSA) is 21.3 Å². The highest BCUT2D eigenvalue weighted by Gasteiger charge is 2.14. The fraction of sp³-hybridized carbons (Fsp3) is 0.294. The van der Waals surface area contributed by atoms with Gasteiger partial charge in [-0.3, -0.25) is 0 Å². The Balaban J connectivity index is 2.43. The summed E-state index contributed by atoms with van der Waals surface area (Å²) in [6.45, 7) is 4.73. The van der Waals surface area contributed by atoms with E-state index in [1.54, 1.807) is 6.07 Å². The SMILES string of the molecule is CNCc1cccc(F)c1Oc1ccc(Br)cc1C(C)C. The van der Waals surface area contributed by atoms with Gasteiger partial charge in [-0.15, -0.1) is 0 Å². The molecule has 0 aliphatic rings. The van der Waals surface area contributed by atoms with Crippen LogP contribution in [0.15, 0.2) is 40.9 Å². The lowest BCUT2D eigenvalue weighted by atomic mass is 10.0. The van der Waals surface area contributed by atoms with E-state index in [0.717, 1.165) is 15.6 Å². The van der Waals surface area contributed by atoms with Gasteiger partial charge in [0.25, 0.3) is 0 Å². The second-order valence-electron chi connectivity index (χ2n) is 5.20. The lowest BCUT2D eigenvalue weighted by Crippen LogP contribution is -2.07. The number of ether oxygens (including phenoxy) is 1. The molecule has 0 bridgehead atoms. The molecule has 1 N–H and O–H groups in total. The van der Waals surface area contributed by atoms with Gasteiger partial charge in [0, 0.05) is 16.6 Å². The molecular weight excluding hydrogens is 333 g/mol. The summed E-state index contributed by atoms with van der Waals surface area (Å²) < 4.78 is 21.0. The van der Waals surface area contributed by atoms with E-state index in [-0.39, 0.29) is 17.5 Å². The van der Waals surface area contributed by atoms with Gasteiger partial charge in [-0.05, 0) is 42.8 Å². The minimum atomic E-state index is -0.347. The Morgan fingerprint density at radius 1 is 1.24 bits per heavy atom. The maximum atomic E-state index is 14.1. The third-order valence-electron chi connectivity index (χ3n) is 3.22. The number of hydrogen-bond acceptors (Lipinski definition) is 2. The van der Waals surface area contributed by atoms with E-state index in [1.165, 1.54) is 6.07 Å². The van der Waals surface area contributed by atoms with Gasteiger partial charge in [0.1, 0.15) is 5.75 Å². The monoisotopic (exact) mass is 351 g/mol. The van der Waals surface area contributed by atoms with Crippen molar-refractivity contribution in [2.75, 3.05) is 7.05 Å². The third kappa shape index (κ3) is 3.83. The maximum absolute atomic E-state index is 14.1. The van der Waals surface area contributed by atoms with Crippen molar-refractivity contribution in [1.29, 1.82) is 0 Å². The summed E-state index contributed by atoms with van der Waals surface area (Å²) in [5, 5.41) is 3.03. The molecule has 0 aliphatic heterocycles. The number of para-hydroxylation sites is 1. The molecular formula is C17H19BrFNO. The molecule has 0 aromatic heterocycles. The fourth-order valence-corrected chi connectivity index (χ4v) is 2.55. The van der Waals surface area contributed by atoms with Crippen molar-refractivity contribution in [3.63, 3.8) is 0 Å². The second kappa shape index (κ2) is 7.05. The highest BCUT2D eigenvalue weighted by atomic mass is 79.9. The minimum Gasteiger partial charge on any atom is -0.454 e. The third-order valence-corrected chi connectivity index (χ3v) is 3.71. The molecule has 0 saturated heterocycles. The second-order valence-corrected chi connectivity index (χ2v) is 6.11. The molecule has 2 nitrogen and oxygen atoms in total. The zero-order chi connectivity index (χ0) is 15.4. The molecule has 2 aromatic carbocycles. The molecule has 0 heterocycles. The summed E-state index contributed by atoms with van der Waals surface area (Å²) in [6.07, 6.45) is 0. The molecule has 0 aliphatic carbocycles. The lowest BCUT2D eigenvalue weighted by Gasteiger charge is -2.17. The van der Waals surface area contributed by atoms with E-state index in [2.05, 4.69) is 35.1 Å². The van der Waals surface area contributed by atoms with Crippen LogP contribution in [0.3, 0.4) is 0 Å². The number of hydrogen-bond donors (Lipinski definition) is 1. The Morgan fingerprint density at radius 3 is 2.67 bits per heavy atom. The molecule has 0 radical (unpaired) electrons. The summed E-state index contributed by atoms with van der Waals surface area (Å²) in [4.78, 5) is 0. The zero-order valence-corrected chi connectivity index (χ0v) is 14.0. The van der Waals surface area contributed by atoms with Gasteiger partial charge in [-0.1, -0.05) is 41.9 Å². The van der Waals surface area contributed by atoms with Gasteiger partial charge in [-0.2, -0.15) is 0 Å². The van der Waals surface area contributed by atoms with Crippen LogP contribution in [-0.2, 0) is 6.54 Å². The molecule has 0 spiro atoms. The first-order chi connectivity index (χ1) is 10.0. The molecule has 21 heavy (non-hydrogen) atoms. The molecule has 0 atom stereocenters. The largest absolute Gasteiger partial charge is 0.454 e. The minimum absolute atomic E-state index is 0.288. The average molecular weight is 352 g/mol. The van der Waals surface area contributed by atoms with Crippen LogP contribution in [0.2, 0.25) is 0 Å². The Labute approximate surface area is 133 Å². The van der Waals surface area contributed by atoms with Crippen molar-refractivity contribution >= 4 is 15.9 Å². The van der Waals surface area contributed by atoms with Gasteiger partial charge < -0.3 is 10.1 Å². The molecule has 2 rings (SSSR count). The number of nitrogens with one attached hydrogen (secondary N) is 1. The molecule has 0 amide bonds. The Bertz CT molecular complexity index is 628. The summed E-state index contributed by atoms with van der Waals surface area (Å²) in [5.41, 5.74) is 1.85. The van der Waals surface area contributed by atoms with Gasteiger partial charge in [0.05, 0.1) is 0 Å². The standard InChI is InChI=1S/C17H19BrFNO/c1-11(2)14-9-13(18)7-8-16(14)21-17-12(10-20-3)5-4-6-15(17)19/h4-9,11,20H,10H2,1-3H3. The van der Waals surface area contributed by atoms with Crippen LogP contribution < -0.4 is 10.1 Å². The summed E-state index contributed by atoms with van der Waals surface area (Å²) in [6, 6.07) is 10.8. The quantitative estimate of drug-likeness (QED) is 0.796. The smallest absolute Gasteiger partial charge is 0.167 e. The van der Waals surface area contributed by atoms with Crippen molar-refractivity contribution < 1.29 is 9.13 Å². The number of rotatable bonds is 5.